The van der Waals surface area contributed by atoms with Gasteiger partial charge in [-0.15, -0.1) is 0 Å². The maximum Gasteiger partial charge on any atom is 0.119 e. The van der Waals surface area contributed by atoms with Crippen molar-refractivity contribution in [3.63, 3.8) is 0 Å². The topological polar surface area (TPSA) is 30.5 Å². The Bertz CT molecular complexity index is 396. The van der Waals surface area contributed by atoms with E-state index in [-0.39, 0.29) is 5.54 Å². The van der Waals surface area contributed by atoms with Crippen molar-refractivity contribution in [3.05, 3.63) is 29.8 Å². The van der Waals surface area contributed by atoms with Crippen molar-refractivity contribution < 1.29 is 9.47 Å². The summed E-state index contributed by atoms with van der Waals surface area (Å²) in [7, 11) is 0. The van der Waals surface area contributed by atoms with Crippen molar-refractivity contribution in [2.24, 2.45) is 5.92 Å². The van der Waals surface area contributed by atoms with E-state index in [1.165, 1.54) is 5.56 Å². The van der Waals surface area contributed by atoms with Crippen molar-refractivity contribution in [2.75, 3.05) is 19.8 Å². The van der Waals surface area contributed by atoms with Gasteiger partial charge in [0, 0.05) is 18.7 Å². The third kappa shape index (κ3) is 9.48. The summed E-state index contributed by atoms with van der Waals surface area (Å²) in [5.74, 6) is 1.61. The molecule has 0 unspecified atom stereocenters. The largest absolute Gasteiger partial charge is 0.491 e. The summed E-state index contributed by atoms with van der Waals surface area (Å²) in [6.07, 6.45) is 1.11. The zero-order valence-electron chi connectivity index (χ0n) is 14.2. The van der Waals surface area contributed by atoms with Gasteiger partial charge in [-0.05, 0) is 50.8 Å². The van der Waals surface area contributed by atoms with Crippen molar-refractivity contribution in [2.45, 2.75) is 53.1 Å². The predicted octanol–water partition coefficient (Wildman–Crippen LogP) is 4.02. The standard InChI is InChI=1S/C18H31NO2/c1-15(2)9-10-20-11-12-21-17-8-6-7-16(13-17)14-19-18(3,4)5/h6-8,13,15,19H,9-12,14H2,1-5H3. The molecule has 120 valence electrons. The predicted molar refractivity (Wildman–Crippen MR) is 88.8 cm³/mol. The lowest BCUT2D eigenvalue weighted by molar-refractivity contribution is 0.0925. The van der Waals surface area contributed by atoms with E-state index in [2.05, 4.69) is 52.1 Å². The number of rotatable bonds is 9. The molecule has 1 rings (SSSR count). The maximum absolute atomic E-state index is 5.73. The minimum atomic E-state index is 0.126. The van der Waals surface area contributed by atoms with Gasteiger partial charge in [0.05, 0.1) is 6.61 Å². The van der Waals surface area contributed by atoms with Crippen LogP contribution in [0.3, 0.4) is 0 Å². The SMILES string of the molecule is CC(C)CCOCCOc1cccc(CNC(C)(C)C)c1. The maximum atomic E-state index is 5.73. The van der Waals surface area contributed by atoms with Crippen molar-refractivity contribution in [1.82, 2.24) is 5.32 Å². The number of hydrogen-bond donors (Lipinski definition) is 1. The van der Waals surface area contributed by atoms with Crippen LogP contribution in [0.2, 0.25) is 0 Å². The monoisotopic (exact) mass is 293 g/mol. The van der Waals surface area contributed by atoms with Gasteiger partial charge in [-0.25, -0.2) is 0 Å². The molecule has 1 aromatic rings. The van der Waals surface area contributed by atoms with Crippen LogP contribution >= 0.6 is 0 Å². The van der Waals surface area contributed by atoms with E-state index < -0.39 is 0 Å². The lowest BCUT2D eigenvalue weighted by atomic mass is 10.1. The molecule has 0 aromatic heterocycles. The number of ether oxygens (including phenoxy) is 2. The van der Waals surface area contributed by atoms with Gasteiger partial charge in [-0.3, -0.25) is 0 Å². The molecule has 0 saturated carbocycles. The molecule has 0 spiro atoms. The van der Waals surface area contributed by atoms with E-state index in [0.717, 1.165) is 25.3 Å². The molecule has 0 aliphatic carbocycles. The van der Waals surface area contributed by atoms with E-state index in [4.69, 9.17) is 9.47 Å². The highest BCUT2D eigenvalue weighted by molar-refractivity contribution is 5.28. The van der Waals surface area contributed by atoms with E-state index in [0.29, 0.717) is 19.1 Å². The van der Waals surface area contributed by atoms with Crippen LogP contribution in [0.4, 0.5) is 0 Å². The first-order chi connectivity index (χ1) is 9.87. The molecule has 0 aliphatic heterocycles. The normalized spacial score (nSPS) is 11.9. The molecule has 0 aliphatic rings. The van der Waals surface area contributed by atoms with Crippen LogP contribution in [-0.2, 0) is 11.3 Å². The Morgan fingerprint density at radius 1 is 1.10 bits per heavy atom. The van der Waals surface area contributed by atoms with Crippen LogP contribution in [0, 0.1) is 5.92 Å². The second-order valence-corrected chi connectivity index (χ2v) is 6.89. The fraction of sp³-hybridized carbons (Fsp3) is 0.667. The highest BCUT2D eigenvalue weighted by Crippen LogP contribution is 2.14. The molecule has 3 heteroatoms. The Kier molecular flexibility index (Phi) is 7.76. The van der Waals surface area contributed by atoms with Gasteiger partial charge >= 0.3 is 0 Å². The Morgan fingerprint density at radius 3 is 2.52 bits per heavy atom. The molecule has 0 atom stereocenters. The zero-order chi connectivity index (χ0) is 15.7. The van der Waals surface area contributed by atoms with Gasteiger partial charge in [0.1, 0.15) is 12.4 Å². The smallest absolute Gasteiger partial charge is 0.119 e. The third-order valence-electron chi connectivity index (χ3n) is 3.06. The Morgan fingerprint density at radius 2 is 1.86 bits per heavy atom. The molecule has 1 aromatic carbocycles. The highest BCUT2D eigenvalue weighted by atomic mass is 16.5. The van der Waals surface area contributed by atoms with E-state index >= 15 is 0 Å². The van der Waals surface area contributed by atoms with E-state index in [1.807, 2.05) is 12.1 Å². The minimum Gasteiger partial charge on any atom is -0.491 e. The van der Waals surface area contributed by atoms with Crippen LogP contribution in [0.15, 0.2) is 24.3 Å². The summed E-state index contributed by atoms with van der Waals surface area (Å²) in [4.78, 5) is 0. The summed E-state index contributed by atoms with van der Waals surface area (Å²) in [6.45, 7) is 13.8. The first-order valence-electron chi connectivity index (χ1n) is 7.91. The summed E-state index contributed by atoms with van der Waals surface area (Å²) >= 11 is 0. The average molecular weight is 293 g/mol. The molecular formula is C18H31NO2. The quantitative estimate of drug-likeness (QED) is 0.698. The molecule has 0 amide bonds. The second-order valence-electron chi connectivity index (χ2n) is 6.89. The summed E-state index contributed by atoms with van der Waals surface area (Å²) in [5, 5.41) is 3.48. The molecule has 0 fully saturated rings. The summed E-state index contributed by atoms with van der Waals surface area (Å²) in [5.41, 5.74) is 1.37. The molecule has 0 bridgehead atoms. The molecular weight excluding hydrogens is 262 g/mol. The molecule has 3 nitrogen and oxygen atoms in total. The Balaban J connectivity index is 2.26. The Labute approximate surface area is 130 Å². The van der Waals surface area contributed by atoms with E-state index in [9.17, 15) is 0 Å². The highest BCUT2D eigenvalue weighted by Gasteiger charge is 2.08. The molecule has 0 saturated heterocycles. The van der Waals surface area contributed by atoms with Crippen LogP contribution < -0.4 is 10.1 Å². The number of hydrogen-bond acceptors (Lipinski definition) is 3. The van der Waals surface area contributed by atoms with Gasteiger partial charge in [-0.2, -0.15) is 0 Å². The van der Waals surface area contributed by atoms with Crippen molar-refractivity contribution in [3.8, 4) is 5.75 Å². The third-order valence-corrected chi connectivity index (χ3v) is 3.06. The fourth-order valence-corrected chi connectivity index (χ4v) is 1.75. The number of nitrogens with one attached hydrogen (secondary N) is 1. The summed E-state index contributed by atoms with van der Waals surface area (Å²) < 4.78 is 11.3. The number of benzene rings is 1. The zero-order valence-corrected chi connectivity index (χ0v) is 14.2. The van der Waals surface area contributed by atoms with Crippen molar-refractivity contribution in [1.29, 1.82) is 0 Å². The minimum absolute atomic E-state index is 0.126. The second kappa shape index (κ2) is 9.06. The van der Waals surface area contributed by atoms with Crippen LogP contribution in [0.5, 0.6) is 5.75 Å². The van der Waals surface area contributed by atoms with E-state index in [1.54, 1.807) is 0 Å². The van der Waals surface area contributed by atoms with Crippen LogP contribution in [0.1, 0.15) is 46.6 Å². The van der Waals surface area contributed by atoms with Crippen molar-refractivity contribution >= 4 is 0 Å². The van der Waals surface area contributed by atoms with Gasteiger partial charge in [-0.1, -0.05) is 26.0 Å². The fourth-order valence-electron chi connectivity index (χ4n) is 1.75. The van der Waals surface area contributed by atoms with Crippen LogP contribution in [-0.4, -0.2) is 25.4 Å². The van der Waals surface area contributed by atoms with Gasteiger partial charge < -0.3 is 14.8 Å². The van der Waals surface area contributed by atoms with Crippen LogP contribution in [0.25, 0.3) is 0 Å². The van der Waals surface area contributed by atoms with Gasteiger partial charge in [0.2, 0.25) is 0 Å². The van der Waals surface area contributed by atoms with Gasteiger partial charge in [0.15, 0.2) is 0 Å². The molecule has 0 heterocycles. The average Bonchev–Trinajstić information content (AvgIpc) is 2.40. The van der Waals surface area contributed by atoms with Gasteiger partial charge in [0.25, 0.3) is 0 Å². The first-order valence-corrected chi connectivity index (χ1v) is 7.91. The molecule has 0 radical (unpaired) electrons. The lowest BCUT2D eigenvalue weighted by Crippen LogP contribution is -2.35. The lowest BCUT2D eigenvalue weighted by Gasteiger charge is -2.20. The Hall–Kier alpha value is -1.06. The first kappa shape index (κ1) is 18.0. The summed E-state index contributed by atoms with van der Waals surface area (Å²) in [6, 6.07) is 8.24. The molecule has 1 N–H and O–H groups in total. The molecule has 21 heavy (non-hydrogen) atoms.